The number of pyridine rings is 2. The van der Waals surface area contributed by atoms with Crippen molar-refractivity contribution in [2.24, 2.45) is 0 Å². The molecule has 0 bridgehead atoms. The smallest absolute Gasteiger partial charge is 0.225 e. The highest BCUT2D eigenvalue weighted by Crippen LogP contribution is 2.22. The standard InChI is InChI=1S/C23H23ClN4O2/c1-17(29)27-22(20-4-6-21(24)7-5-20)13-23(30)28(15-18-8-11-25-12-9-18)16-19-3-2-10-26-14-19/h2-12,14,22H,13,15-16H2,1H3,(H,27,29). The van der Waals surface area contributed by atoms with Crippen molar-refractivity contribution in [3.05, 3.63) is 95.0 Å². The van der Waals surface area contributed by atoms with Crippen LogP contribution in [0, 0.1) is 0 Å². The second kappa shape index (κ2) is 10.5. The van der Waals surface area contributed by atoms with E-state index in [1.807, 2.05) is 36.4 Å². The molecule has 1 atom stereocenters. The lowest BCUT2D eigenvalue weighted by Crippen LogP contribution is -2.35. The van der Waals surface area contributed by atoms with Crippen LogP contribution in [0.4, 0.5) is 0 Å². The molecule has 0 spiro atoms. The number of carbonyl (C=O) groups is 2. The second-order valence-corrected chi connectivity index (χ2v) is 7.41. The number of nitrogens with zero attached hydrogens (tertiary/aromatic N) is 3. The average Bonchev–Trinajstić information content (AvgIpc) is 2.74. The van der Waals surface area contributed by atoms with Crippen LogP contribution in [0.2, 0.25) is 5.02 Å². The number of hydrogen-bond acceptors (Lipinski definition) is 4. The Hall–Kier alpha value is -3.25. The van der Waals surface area contributed by atoms with Gasteiger partial charge in [0.2, 0.25) is 11.8 Å². The van der Waals surface area contributed by atoms with Gasteiger partial charge in [-0.2, -0.15) is 0 Å². The van der Waals surface area contributed by atoms with Gasteiger partial charge in [-0.3, -0.25) is 19.6 Å². The summed E-state index contributed by atoms with van der Waals surface area (Å²) in [6.45, 7) is 2.30. The fourth-order valence-corrected chi connectivity index (χ4v) is 3.28. The van der Waals surface area contributed by atoms with Crippen LogP contribution in [0.5, 0.6) is 0 Å². The maximum atomic E-state index is 13.3. The third-order valence-electron chi connectivity index (χ3n) is 4.60. The molecule has 1 aromatic carbocycles. The lowest BCUT2D eigenvalue weighted by Gasteiger charge is -2.26. The van der Waals surface area contributed by atoms with E-state index < -0.39 is 6.04 Å². The van der Waals surface area contributed by atoms with Crippen LogP contribution in [0.25, 0.3) is 0 Å². The summed E-state index contributed by atoms with van der Waals surface area (Å²) in [6.07, 6.45) is 6.99. The minimum absolute atomic E-state index is 0.0793. The van der Waals surface area contributed by atoms with Gasteiger partial charge in [0.1, 0.15) is 0 Å². The fourth-order valence-electron chi connectivity index (χ4n) is 3.15. The van der Waals surface area contributed by atoms with E-state index in [-0.39, 0.29) is 18.2 Å². The third-order valence-corrected chi connectivity index (χ3v) is 4.85. The van der Waals surface area contributed by atoms with Crippen molar-refractivity contribution in [3.8, 4) is 0 Å². The van der Waals surface area contributed by atoms with Crippen molar-refractivity contribution >= 4 is 23.4 Å². The van der Waals surface area contributed by atoms with E-state index in [2.05, 4.69) is 15.3 Å². The van der Waals surface area contributed by atoms with E-state index in [0.717, 1.165) is 16.7 Å². The Balaban J connectivity index is 1.81. The Bertz CT molecular complexity index is 924. The first-order chi connectivity index (χ1) is 14.5. The molecule has 0 radical (unpaired) electrons. The molecule has 0 aliphatic heterocycles. The molecule has 2 amide bonds. The van der Waals surface area contributed by atoms with E-state index in [1.165, 1.54) is 6.92 Å². The zero-order valence-electron chi connectivity index (χ0n) is 16.7. The van der Waals surface area contributed by atoms with Crippen LogP contribution in [-0.2, 0) is 22.7 Å². The Morgan fingerprint density at radius 1 is 0.967 bits per heavy atom. The van der Waals surface area contributed by atoms with Crippen molar-refractivity contribution in [2.45, 2.75) is 32.5 Å². The van der Waals surface area contributed by atoms with Gasteiger partial charge in [0.25, 0.3) is 0 Å². The lowest BCUT2D eigenvalue weighted by atomic mass is 10.0. The van der Waals surface area contributed by atoms with Crippen LogP contribution in [-0.4, -0.2) is 26.7 Å². The second-order valence-electron chi connectivity index (χ2n) is 6.98. The molecular weight excluding hydrogens is 400 g/mol. The van der Waals surface area contributed by atoms with E-state index >= 15 is 0 Å². The molecule has 0 saturated heterocycles. The van der Waals surface area contributed by atoms with Gasteiger partial charge in [0.05, 0.1) is 12.5 Å². The molecule has 0 fully saturated rings. The minimum Gasteiger partial charge on any atom is -0.349 e. The Morgan fingerprint density at radius 2 is 1.67 bits per heavy atom. The molecule has 0 saturated carbocycles. The van der Waals surface area contributed by atoms with E-state index in [4.69, 9.17) is 11.6 Å². The van der Waals surface area contributed by atoms with Gasteiger partial charge in [-0.25, -0.2) is 0 Å². The summed E-state index contributed by atoms with van der Waals surface area (Å²) in [5.74, 6) is -0.278. The number of aromatic nitrogens is 2. The number of rotatable bonds is 8. The Labute approximate surface area is 180 Å². The van der Waals surface area contributed by atoms with Gasteiger partial charge in [0.15, 0.2) is 0 Å². The van der Waals surface area contributed by atoms with Gasteiger partial charge >= 0.3 is 0 Å². The molecule has 154 valence electrons. The molecule has 0 aliphatic carbocycles. The number of halogens is 1. The molecule has 1 N–H and O–H groups in total. The maximum Gasteiger partial charge on any atom is 0.225 e. The minimum atomic E-state index is -0.443. The van der Waals surface area contributed by atoms with E-state index in [9.17, 15) is 9.59 Å². The van der Waals surface area contributed by atoms with Crippen LogP contribution in [0.3, 0.4) is 0 Å². The first-order valence-corrected chi connectivity index (χ1v) is 9.97. The van der Waals surface area contributed by atoms with Crippen LogP contribution in [0.1, 0.15) is 36.1 Å². The fraction of sp³-hybridized carbons (Fsp3) is 0.217. The molecule has 7 heteroatoms. The molecule has 30 heavy (non-hydrogen) atoms. The summed E-state index contributed by atoms with van der Waals surface area (Å²) in [6, 6.07) is 14.3. The zero-order valence-corrected chi connectivity index (χ0v) is 17.4. The topological polar surface area (TPSA) is 75.2 Å². The zero-order chi connectivity index (χ0) is 21.3. The Morgan fingerprint density at radius 3 is 2.30 bits per heavy atom. The third kappa shape index (κ3) is 6.39. The first kappa shape index (κ1) is 21.5. The largest absolute Gasteiger partial charge is 0.349 e. The Kier molecular flexibility index (Phi) is 7.51. The molecule has 2 heterocycles. The highest BCUT2D eigenvalue weighted by atomic mass is 35.5. The molecule has 1 unspecified atom stereocenters. The van der Waals surface area contributed by atoms with Crippen molar-refractivity contribution in [1.29, 1.82) is 0 Å². The molecule has 2 aromatic heterocycles. The molecule has 6 nitrogen and oxygen atoms in total. The lowest BCUT2D eigenvalue weighted by molar-refractivity contribution is -0.133. The monoisotopic (exact) mass is 422 g/mol. The predicted molar refractivity (Wildman–Crippen MR) is 115 cm³/mol. The number of nitrogens with one attached hydrogen (secondary N) is 1. The summed E-state index contributed by atoms with van der Waals surface area (Å²) < 4.78 is 0. The molecule has 3 aromatic rings. The maximum absolute atomic E-state index is 13.3. The van der Waals surface area contributed by atoms with Crippen molar-refractivity contribution in [3.63, 3.8) is 0 Å². The van der Waals surface area contributed by atoms with Crippen molar-refractivity contribution in [1.82, 2.24) is 20.2 Å². The van der Waals surface area contributed by atoms with Crippen LogP contribution in [0.15, 0.2) is 73.3 Å². The SMILES string of the molecule is CC(=O)NC(CC(=O)N(Cc1ccncc1)Cc1cccnc1)c1ccc(Cl)cc1. The highest BCUT2D eigenvalue weighted by Gasteiger charge is 2.22. The normalized spacial score (nSPS) is 11.5. The van der Waals surface area contributed by atoms with E-state index in [0.29, 0.717) is 18.1 Å². The quantitative estimate of drug-likeness (QED) is 0.596. The number of benzene rings is 1. The van der Waals surface area contributed by atoms with Gasteiger partial charge in [-0.15, -0.1) is 0 Å². The number of hydrogen-bond donors (Lipinski definition) is 1. The summed E-state index contributed by atoms with van der Waals surface area (Å²) in [7, 11) is 0. The van der Waals surface area contributed by atoms with Gasteiger partial charge in [0, 0.05) is 49.8 Å². The van der Waals surface area contributed by atoms with Crippen LogP contribution >= 0.6 is 11.6 Å². The van der Waals surface area contributed by atoms with Gasteiger partial charge in [-0.05, 0) is 47.0 Å². The summed E-state index contributed by atoms with van der Waals surface area (Å²) in [5, 5.41) is 3.48. The number of amides is 2. The molecular formula is C23H23ClN4O2. The van der Waals surface area contributed by atoms with Crippen LogP contribution < -0.4 is 5.32 Å². The van der Waals surface area contributed by atoms with E-state index in [1.54, 1.807) is 41.8 Å². The predicted octanol–water partition coefficient (Wildman–Crippen LogP) is 3.93. The van der Waals surface area contributed by atoms with Gasteiger partial charge < -0.3 is 10.2 Å². The van der Waals surface area contributed by atoms with Crippen molar-refractivity contribution < 1.29 is 9.59 Å². The highest BCUT2D eigenvalue weighted by molar-refractivity contribution is 6.30. The summed E-state index contributed by atoms with van der Waals surface area (Å²) in [5.41, 5.74) is 2.74. The first-order valence-electron chi connectivity index (χ1n) is 9.59. The molecule has 0 aliphatic rings. The van der Waals surface area contributed by atoms with Crippen molar-refractivity contribution in [2.75, 3.05) is 0 Å². The molecule has 3 rings (SSSR count). The summed E-state index contributed by atoms with van der Waals surface area (Å²) in [4.78, 5) is 35.0. The number of carbonyl (C=O) groups excluding carboxylic acids is 2. The average molecular weight is 423 g/mol. The summed E-state index contributed by atoms with van der Waals surface area (Å²) >= 11 is 5.99. The van der Waals surface area contributed by atoms with Gasteiger partial charge in [-0.1, -0.05) is 29.8 Å².